The van der Waals surface area contributed by atoms with Gasteiger partial charge in [-0.15, -0.1) is 0 Å². The standard InChI is InChI=1S/C10H10ClN3O2/c1-16-9-2-5(6(11)3-8(9)15)7-4-10(12)14-13-7/h2-4,15H,1H3,(H3,12,13,14). The van der Waals surface area contributed by atoms with Crippen LogP contribution in [0, 0.1) is 0 Å². The first-order valence-corrected chi connectivity index (χ1v) is 4.87. The molecular weight excluding hydrogens is 230 g/mol. The highest BCUT2D eigenvalue weighted by molar-refractivity contribution is 6.33. The molecule has 0 spiro atoms. The lowest BCUT2D eigenvalue weighted by molar-refractivity contribution is 0.373. The fourth-order valence-corrected chi connectivity index (χ4v) is 1.65. The molecule has 0 aliphatic heterocycles. The SMILES string of the molecule is COc1cc(-c2cc(N)n[nH]2)c(Cl)cc1O. The molecule has 0 aliphatic carbocycles. The Kier molecular flexibility index (Phi) is 2.62. The molecule has 0 radical (unpaired) electrons. The van der Waals surface area contributed by atoms with E-state index in [4.69, 9.17) is 22.1 Å². The van der Waals surface area contributed by atoms with E-state index >= 15 is 0 Å². The number of anilines is 1. The molecule has 1 aromatic carbocycles. The summed E-state index contributed by atoms with van der Waals surface area (Å²) in [6.45, 7) is 0. The van der Waals surface area contributed by atoms with Gasteiger partial charge in [-0.2, -0.15) is 5.10 Å². The molecule has 0 unspecified atom stereocenters. The monoisotopic (exact) mass is 239 g/mol. The van der Waals surface area contributed by atoms with E-state index in [-0.39, 0.29) is 5.75 Å². The van der Waals surface area contributed by atoms with Gasteiger partial charge in [0, 0.05) is 17.7 Å². The summed E-state index contributed by atoms with van der Waals surface area (Å²) in [5.74, 6) is 0.703. The minimum absolute atomic E-state index is 0.0104. The summed E-state index contributed by atoms with van der Waals surface area (Å²) in [5.41, 5.74) is 6.83. The number of methoxy groups -OCH3 is 1. The fraction of sp³-hybridized carbons (Fsp3) is 0.100. The molecule has 1 aromatic heterocycles. The number of aromatic hydroxyl groups is 1. The topological polar surface area (TPSA) is 84.2 Å². The average Bonchev–Trinajstić information content (AvgIpc) is 2.65. The van der Waals surface area contributed by atoms with Gasteiger partial charge in [-0.05, 0) is 6.07 Å². The Bertz CT molecular complexity index is 525. The molecule has 16 heavy (non-hydrogen) atoms. The Morgan fingerprint density at radius 3 is 2.75 bits per heavy atom. The summed E-state index contributed by atoms with van der Waals surface area (Å²) < 4.78 is 4.99. The average molecular weight is 240 g/mol. The van der Waals surface area contributed by atoms with Crippen LogP contribution in [0.2, 0.25) is 5.02 Å². The van der Waals surface area contributed by atoms with Gasteiger partial charge in [0.2, 0.25) is 0 Å². The molecule has 4 N–H and O–H groups in total. The number of phenolic OH excluding ortho intramolecular Hbond substituents is 1. The molecule has 0 bridgehead atoms. The summed E-state index contributed by atoms with van der Waals surface area (Å²) in [5, 5.41) is 16.4. The first kappa shape index (κ1) is 10.6. The zero-order valence-electron chi connectivity index (χ0n) is 8.49. The number of ether oxygens (including phenoxy) is 1. The molecule has 0 atom stereocenters. The lowest BCUT2D eigenvalue weighted by Crippen LogP contribution is -1.87. The molecule has 0 saturated heterocycles. The van der Waals surface area contributed by atoms with Crippen molar-refractivity contribution < 1.29 is 9.84 Å². The minimum atomic E-state index is -0.0104. The maximum Gasteiger partial charge on any atom is 0.161 e. The molecule has 2 aromatic rings. The Morgan fingerprint density at radius 2 is 2.19 bits per heavy atom. The second-order valence-electron chi connectivity index (χ2n) is 3.21. The van der Waals surface area contributed by atoms with E-state index in [0.29, 0.717) is 27.8 Å². The number of aromatic amines is 1. The molecule has 0 fully saturated rings. The first-order chi connectivity index (χ1) is 7.61. The van der Waals surface area contributed by atoms with Crippen LogP contribution in [-0.4, -0.2) is 22.4 Å². The third kappa shape index (κ3) is 1.77. The number of H-pyrrole nitrogens is 1. The number of benzene rings is 1. The molecular formula is C10H10ClN3O2. The number of phenols is 1. The van der Waals surface area contributed by atoms with Crippen molar-refractivity contribution in [1.29, 1.82) is 0 Å². The number of halogens is 1. The van der Waals surface area contributed by atoms with E-state index in [1.165, 1.54) is 13.2 Å². The van der Waals surface area contributed by atoms with E-state index in [9.17, 15) is 5.11 Å². The van der Waals surface area contributed by atoms with Crippen molar-refractivity contribution in [1.82, 2.24) is 10.2 Å². The van der Waals surface area contributed by atoms with Gasteiger partial charge in [-0.3, -0.25) is 5.10 Å². The molecule has 2 rings (SSSR count). The van der Waals surface area contributed by atoms with Crippen LogP contribution in [-0.2, 0) is 0 Å². The lowest BCUT2D eigenvalue weighted by Gasteiger charge is -2.07. The number of hydrogen-bond acceptors (Lipinski definition) is 4. The summed E-state index contributed by atoms with van der Waals surface area (Å²) >= 11 is 6.00. The Balaban J connectivity index is 2.56. The predicted molar refractivity (Wildman–Crippen MR) is 61.7 cm³/mol. The van der Waals surface area contributed by atoms with E-state index < -0.39 is 0 Å². The number of nitrogens with two attached hydrogens (primary N) is 1. The number of nitrogen functional groups attached to an aromatic ring is 1. The molecule has 6 heteroatoms. The fourth-order valence-electron chi connectivity index (χ4n) is 1.39. The smallest absolute Gasteiger partial charge is 0.161 e. The van der Waals surface area contributed by atoms with Crippen LogP contribution in [0.4, 0.5) is 5.82 Å². The van der Waals surface area contributed by atoms with Crippen LogP contribution < -0.4 is 10.5 Å². The molecule has 0 aliphatic rings. The van der Waals surface area contributed by atoms with Crippen molar-refractivity contribution in [3.8, 4) is 22.8 Å². The second kappa shape index (κ2) is 3.94. The van der Waals surface area contributed by atoms with Crippen molar-refractivity contribution in [2.45, 2.75) is 0 Å². The van der Waals surface area contributed by atoms with Gasteiger partial charge in [0.05, 0.1) is 17.8 Å². The quantitative estimate of drug-likeness (QED) is 0.749. The van der Waals surface area contributed by atoms with Crippen LogP contribution in [0.25, 0.3) is 11.3 Å². The van der Waals surface area contributed by atoms with Crippen molar-refractivity contribution in [3.63, 3.8) is 0 Å². The van der Waals surface area contributed by atoms with Crippen molar-refractivity contribution in [2.24, 2.45) is 0 Å². The van der Waals surface area contributed by atoms with Gasteiger partial charge in [0.15, 0.2) is 11.5 Å². The highest BCUT2D eigenvalue weighted by Gasteiger charge is 2.11. The summed E-state index contributed by atoms with van der Waals surface area (Å²) in [6, 6.07) is 4.68. The first-order valence-electron chi connectivity index (χ1n) is 4.49. The van der Waals surface area contributed by atoms with E-state index in [1.54, 1.807) is 12.1 Å². The zero-order chi connectivity index (χ0) is 11.7. The molecule has 0 amide bonds. The van der Waals surface area contributed by atoms with Gasteiger partial charge < -0.3 is 15.6 Å². The van der Waals surface area contributed by atoms with Gasteiger partial charge in [0.1, 0.15) is 5.82 Å². The molecule has 0 saturated carbocycles. The van der Waals surface area contributed by atoms with E-state index in [0.717, 1.165) is 0 Å². The largest absolute Gasteiger partial charge is 0.504 e. The third-order valence-electron chi connectivity index (χ3n) is 2.16. The van der Waals surface area contributed by atoms with Crippen molar-refractivity contribution >= 4 is 17.4 Å². The summed E-state index contributed by atoms with van der Waals surface area (Å²) in [4.78, 5) is 0. The normalized spacial score (nSPS) is 10.4. The zero-order valence-corrected chi connectivity index (χ0v) is 9.25. The number of rotatable bonds is 2. The van der Waals surface area contributed by atoms with Gasteiger partial charge in [-0.25, -0.2) is 0 Å². The Labute approximate surface area is 96.8 Å². The Morgan fingerprint density at radius 1 is 1.44 bits per heavy atom. The van der Waals surface area contributed by atoms with Crippen LogP contribution in [0.5, 0.6) is 11.5 Å². The maximum absolute atomic E-state index is 9.51. The predicted octanol–water partition coefficient (Wildman–Crippen LogP) is 2.03. The van der Waals surface area contributed by atoms with E-state index in [2.05, 4.69) is 10.2 Å². The van der Waals surface area contributed by atoms with Gasteiger partial charge in [-0.1, -0.05) is 11.6 Å². The molecule has 5 nitrogen and oxygen atoms in total. The minimum Gasteiger partial charge on any atom is -0.504 e. The van der Waals surface area contributed by atoms with E-state index in [1.807, 2.05) is 0 Å². The van der Waals surface area contributed by atoms with Crippen LogP contribution in [0.1, 0.15) is 0 Å². The van der Waals surface area contributed by atoms with Gasteiger partial charge >= 0.3 is 0 Å². The maximum atomic E-state index is 9.51. The number of hydrogen-bond donors (Lipinski definition) is 3. The number of nitrogens with one attached hydrogen (secondary N) is 1. The number of nitrogens with zero attached hydrogens (tertiary/aromatic N) is 1. The second-order valence-corrected chi connectivity index (χ2v) is 3.62. The highest BCUT2D eigenvalue weighted by Crippen LogP contribution is 2.37. The van der Waals surface area contributed by atoms with Crippen molar-refractivity contribution in [2.75, 3.05) is 12.8 Å². The van der Waals surface area contributed by atoms with Gasteiger partial charge in [0.25, 0.3) is 0 Å². The lowest BCUT2D eigenvalue weighted by atomic mass is 10.1. The van der Waals surface area contributed by atoms with Crippen LogP contribution >= 0.6 is 11.6 Å². The third-order valence-corrected chi connectivity index (χ3v) is 2.47. The molecule has 1 heterocycles. The number of aromatic nitrogens is 2. The summed E-state index contributed by atoms with van der Waals surface area (Å²) in [7, 11) is 1.47. The van der Waals surface area contributed by atoms with Crippen molar-refractivity contribution in [3.05, 3.63) is 23.2 Å². The van der Waals surface area contributed by atoms with Crippen LogP contribution in [0.3, 0.4) is 0 Å². The highest BCUT2D eigenvalue weighted by atomic mass is 35.5. The van der Waals surface area contributed by atoms with Crippen LogP contribution in [0.15, 0.2) is 18.2 Å². The summed E-state index contributed by atoms with van der Waals surface area (Å²) in [6.07, 6.45) is 0. The Hall–Kier alpha value is -1.88. The molecule has 84 valence electrons.